The summed E-state index contributed by atoms with van der Waals surface area (Å²) in [6.45, 7) is 7.61. The van der Waals surface area contributed by atoms with Gasteiger partial charge in [0.25, 0.3) is 0 Å². The van der Waals surface area contributed by atoms with Gasteiger partial charge in [-0.25, -0.2) is 0 Å². The molecule has 3 heteroatoms. The third-order valence-electron chi connectivity index (χ3n) is 4.88. The lowest BCUT2D eigenvalue weighted by atomic mass is 10.1. The Morgan fingerprint density at radius 2 is 1.59 bits per heavy atom. The summed E-state index contributed by atoms with van der Waals surface area (Å²) in [6.07, 6.45) is 0. The molecule has 0 spiro atoms. The van der Waals surface area contributed by atoms with Gasteiger partial charge in [-0.05, 0) is 72.9 Å². The molecular weight excluding hydrogens is 334 g/mol. The van der Waals surface area contributed by atoms with Crippen LogP contribution in [0.3, 0.4) is 0 Å². The molecule has 3 nitrogen and oxygen atoms in total. The highest BCUT2D eigenvalue weighted by Crippen LogP contribution is 2.29. The fraction of sp³-hybridized carbons (Fsp3) is 0.250. The molecule has 0 fully saturated rings. The predicted molar refractivity (Wildman–Crippen MR) is 112 cm³/mol. The van der Waals surface area contributed by atoms with Crippen molar-refractivity contribution in [1.29, 1.82) is 0 Å². The summed E-state index contributed by atoms with van der Waals surface area (Å²) >= 11 is 0. The monoisotopic (exact) mass is 361 g/mol. The van der Waals surface area contributed by atoms with Gasteiger partial charge in [-0.15, -0.1) is 0 Å². The molecule has 0 amide bonds. The molecule has 0 aliphatic rings. The molecule has 27 heavy (non-hydrogen) atoms. The Balaban J connectivity index is 1.66. The maximum atomic E-state index is 6.00. The zero-order chi connectivity index (χ0) is 19.2. The molecule has 0 atom stereocenters. The van der Waals surface area contributed by atoms with E-state index in [1.165, 1.54) is 22.3 Å². The number of benzene rings is 3. The molecule has 0 aromatic heterocycles. The predicted octanol–water partition coefficient (Wildman–Crippen LogP) is 5.81. The molecule has 3 aromatic carbocycles. The third kappa shape index (κ3) is 4.82. The summed E-state index contributed by atoms with van der Waals surface area (Å²) in [5, 5.41) is 3.47. The van der Waals surface area contributed by atoms with Crippen LogP contribution in [0, 0.1) is 20.8 Å². The Morgan fingerprint density at radius 1 is 0.778 bits per heavy atom. The number of aryl methyl sites for hydroxylation is 3. The number of ether oxygens (including phenoxy) is 2. The molecule has 0 aliphatic carbocycles. The molecule has 0 heterocycles. The topological polar surface area (TPSA) is 30.5 Å². The quantitative estimate of drug-likeness (QED) is 0.576. The Kier molecular flexibility index (Phi) is 6.02. The van der Waals surface area contributed by atoms with Gasteiger partial charge < -0.3 is 14.8 Å². The minimum absolute atomic E-state index is 0.531. The lowest BCUT2D eigenvalue weighted by Gasteiger charge is -2.14. The SMILES string of the molecule is COc1cc(CNc2ccc(C)c(C)c2)ccc1OCc1ccccc1C. The lowest BCUT2D eigenvalue weighted by Crippen LogP contribution is -2.02. The van der Waals surface area contributed by atoms with Crippen LogP contribution in [0.4, 0.5) is 5.69 Å². The van der Waals surface area contributed by atoms with Gasteiger partial charge in [-0.1, -0.05) is 36.4 Å². The van der Waals surface area contributed by atoms with Crippen molar-refractivity contribution in [2.75, 3.05) is 12.4 Å². The van der Waals surface area contributed by atoms with E-state index in [0.717, 1.165) is 29.3 Å². The molecule has 0 radical (unpaired) electrons. The zero-order valence-electron chi connectivity index (χ0n) is 16.5. The van der Waals surface area contributed by atoms with Gasteiger partial charge in [0.1, 0.15) is 6.61 Å². The van der Waals surface area contributed by atoms with Crippen molar-refractivity contribution in [3.05, 3.63) is 88.5 Å². The van der Waals surface area contributed by atoms with Crippen LogP contribution in [-0.4, -0.2) is 7.11 Å². The molecule has 3 aromatic rings. The molecule has 0 bridgehead atoms. The van der Waals surface area contributed by atoms with E-state index in [1.807, 2.05) is 24.3 Å². The minimum Gasteiger partial charge on any atom is -0.493 e. The van der Waals surface area contributed by atoms with E-state index < -0.39 is 0 Å². The standard InChI is InChI=1S/C24H27NO2/c1-17-9-11-22(13-19(17)3)25-15-20-10-12-23(24(14-20)26-4)27-16-21-8-6-5-7-18(21)2/h5-14,25H,15-16H2,1-4H3. The second kappa shape index (κ2) is 8.63. The Hall–Kier alpha value is -2.94. The fourth-order valence-electron chi connectivity index (χ4n) is 2.92. The fourth-order valence-corrected chi connectivity index (χ4v) is 2.92. The van der Waals surface area contributed by atoms with Crippen molar-refractivity contribution in [3.63, 3.8) is 0 Å². The highest BCUT2D eigenvalue weighted by molar-refractivity contribution is 5.49. The largest absolute Gasteiger partial charge is 0.493 e. The van der Waals surface area contributed by atoms with E-state index in [1.54, 1.807) is 7.11 Å². The van der Waals surface area contributed by atoms with E-state index in [9.17, 15) is 0 Å². The zero-order valence-corrected chi connectivity index (χ0v) is 16.5. The average Bonchev–Trinajstić information content (AvgIpc) is 2.68. The van der Waals surface area contributed by atoms with Crippen molar-refractivity contribution in [1.82, 2.24) is 0 Å². The number of hydrogen-bond donors (Lipinski definition) is 1. The van der Waals surface area contributed by atoms with Crippen LogP contribution in [0.2, 0.25) is 0 Å². The number of methoxy groups -OCH3 is 1. The van der Waals surface area contributed by atoms with E-state index in [0.29, 0.717) is 6.61 Å². The average molecular weight is 361 g/mol. The third-order valence-corrected chi connectivity index (χ3v) is 4.88. The number of nitrogens with one attached hydrogen (secondary N) is 1. The maximum absolute atomic E-state index is 6.00. The summed E-state index contributed by atoms with van der Waals surface area (Å²) < 4.78 is 11.5. The molecule has 0 aliphatic heterocycles. The summed E-state index contributed by atoms with van der Waals surface area (Å²) in [4.78, 5) is 0. The maximum Gasteiger partial charge on any atom is 0.161 e. The van der Waals surface area contributed by atoms with Gasteiger partial charge in [-0.2, -0.15) is 0 Å². The van der Waals surface area contributed by atoms with Gasteiger partial charge >= 0.3 is 0 Å². The van der Waals surface area contributed by atoms with E-state index in [-0.39, 0.29) is 0 Å². The van der Waals surface area contributed by atoms with Crippen molar-refractivity contribution in [2.45, 2.75) is 33.9 Å². The number of hydrogen-bond acceptors (Lipinski definition) is 3. The second-order valence-electron chi connectivity index (χ2n) is 6.85. The summed E-state index contributed by atoms with van der Waals surface area (Å²) in [5.41, 5.74) is 7.27. The molecular formula is C24H27NO2. The Bertz CT molecular complexity index is 918. The van der Waals surface area contributed by atoms with Crippen LogP contribution in [0.5, 0.6) is 11.5 Å². The van der Waals surface area contributed by atoms with Crippen LogP contribution in [0.25, 0.3) is 0 Å². The first-order valence-electron chi connectivity index (χ1n) is 9.22. The van der Waals surface area contributed by atoms with Crippen LogP contribution >= 0.6 is 0 Å². The first-order valence-corrected chi connectivity index (χ1v) is 9.22. The summed E-state index contributed by atoms with van der Waals surface area (Å²) in [7, 11) is 1.68. The molecule has 0 unspecified atom stereocenters. The normalized spacial score (nSPS) is 10.5. The highest BCUT2D eigenvalue weighted by atomic mass is 16.5. The van der Waals surface area contributed by atoms with Crippen molar-refractivity contribution >= 4 is 5.69 Å². The van der Waals surface area contributed by atoms with Gasteiger partial charge in [0.05, 0.1) is 7.11 Å². The van der Waals surface area contributed by atoms with E-state index in [4.69, 9.17) is 9.47 Å². The van der Waals surface area contributed by atoms with Crippen molar-refractivity contribution in [3.8, 4) is 11.5 Å². The van der Waals surface area contributed by atoms with Gasteiger partial charge in [0, 0.05) is 12.2 Å². The number of anilines is 1. The smallest absolute Gasteiger partial charge is 0.161 e. The molecule has 0 saturated heterocycles. The van der Waals surface area contributed by atoms with Crippen LogP contribution in [0.15, 0.2) is 60.7 Å². The molecule has 140 valence electrons. The van der Waals surface area contributed by atoms with E-state index in [2.05, 4.69) is 62.5 Å². The van der Waals surface area contributed by atoms with E-state index >= 15 is 0 Å². The van der Waals surface area contributed by atoms with Crippen LogP contribution in [0.1, 0.15) is 27.8 Å². The van der Waals surface area contributed by atoms with Crippen molar-refractivity contribution in [2.24, 2.45) is 0 Å². The van der Waals surface area contributed by atoms with Crippen LogP contribution in [-0.2, 0) is 13.2 Å². The molecule has 3 rings (SSSR count). The number of rotatable bonds is 7. The Morgan fingerprint density at radius 3 is 2.33 bits per heavy atom. The van der Waals surface area contributed by atoms with Gasteiger partial charge in [-0.3, -0.25) is 0 Å². The second-order valence-corrected chi connectivity index (χ2v) is 6.85. The molecule has 1 N–H and O–H groups in total. The van der Waals surface area contributed by atoms with Crippen LogP contribution < -0.4 is 14.8 Å². The van der Waals surface area contributed by atoms with Gasteiger partial charge in [0.2, 0.25) is 0 Å². The Labute approximate surface area is 162 Å². The van der Waals surface area contributed by atoms with Gasteiger partial charge in [0.15, 0.2) is 11.5 Å². The first-order chi connectivity index (χ1) is 13.1. The lowest BCUT2D eigenvalue weighted by molar-refractivity contribution is 0.283. The first kappa shape index (κ1) is 18.8. The summed E-state index contributed by atoms with van der Waals surface area (Å²) in [6, 6.07) is 20.8. The highest BCUT2D eigenvalue weighted by Gasteiger charge is 2.07. The van der Waals surface area contributed by atoms with Crippen molar-refractivity contribution < 1.29 is 9.47 Å². The minimum atomic E-state index is 0.531. The molecule has 0 saturated carbocycles. The summed E-state index contributed by atoms with van der Waals surface area (Å²) in [5.74, 6) is 1.51.